The number of halogens is 3. The zero-order valence-corrected chi connectivity index (χ0v) is 12.5. The van der Waals surface area contributed by atoms with Gasteiger partial charge in [0.2, 0.25) is 0 Å². The van der Waals surface area contributed by atoms with Crippen molar-refractivity contribution in [3.05, 3.63) is 35.4 Å². The number of rotatable bonds is 2. The van der Waals surface area contributed by atoms with Crippen molar-refractivity contribution in [3.8, 4) is 0 Å². The molecule has 3 rings (SSSR count). The van der Waals surface area contributed by atoms with Crippen LogP contribution >= 0.6 is 0 Å². The third-order valence-corrected chi connectivity index (χ3v) is 4.36. The van der Waals surface area contributed by atoms with Gasteiger partial charge < -0.3 is 19.7 Å². The van der Waals surface area contributed by atoms with E-state index in [1.54, 1.807) is 0 Å². The first-order chi connectivity index (χ1) is 10.9. The molecule has 23 heavy (non-hydrogen) atoms. The van der Waals surface area contributed by atoms with Gasteiger partial charge in [-0.2, -0.15) is 13.2 Å². The van der Waals surface area contributed by atoms with E-state index in [2.05, 4.69) is 10.1 Å². The standard InChI is InChI=1S/C15H17F3N2O3/c1-22-14(15(16,17)18)8-20(9-14)13(21)19-12-7-23-6-10-4-2-3-5-11(10)12/h2-5,12H,6-9H2,1H3,(H,19,21). The highest BCUT2D eigenvalue weighted by atomic mass is 19.4. The van der Waals surface area contributed by atoms with Crippen LogP contribution in [0, 0.1) is 0 Å². The van der Waals surface area contributed by atoms with E-state index in [0.29, 0.717) is 13.2 Å². The van der Waals surface area contributed by atoms with E-state index in [0.717, 1.165) is 23.1 Å². The fraction of sp³-hybridized carbons (Fsp3) is 0.533. The maximum Gasteiger partial charge on any atom is 0.420 e. The van der Waals surface area contributed by atoms with Gasteiger partial charge in [0.25, 0.3) is 0 Å². The molecule has 0 aromatic heterocycles. The largest absolute Gasteiger partial charge is 0.420 e. The lowest BCUT2D eigenvalue weighted by Crippen LogP contribution is -2.72. The van der Waals surface area contributed by atoms with Crippen molar-refractivity contribution in [1.82, 2.24) is 10.2 Å². The van der Waals surface area contributed by atoms with Gasteiger partial charge in [-0.15, -0.1) is 0 Å². The number of carbonyl (C=O) groups excluding carboxylic acids is 1. The van der Waals surface area contributed by atoms with Crippen molar-refractivity contribution >= 4 is 6.03 Å². The summed E-state index contributed by atoms with van der Waals surface area (Å²) in [4.78, 5) is 13.3. The number of ether oxygens (including phenoxy) is 2. The third-order valence-electron chi connectivity index (χ3n) is 4.36. The van der Waals surface area contributed by atoms with Gasteiger partial charge >= 0.3 is 12.2 Å². The van der Waals surface area contributed by atoms with E-state index in [9.17, 15) is 18.0 Å². The van der Waals surface area contributed by atoms with Gasteiger partial charge in [-0.3, -0.25) is 0 Å². The molecule has 0 aliphatic carbocycles. The molecule has 2 heterocycles. The SMILES string of the molecule is COC1(C(F)(F)F)CN(C(=O)NC2COCc3ccccc32)C1. The summed E-state index contributed by atoms with van der Waals surface area (Å²) in [7, 11) is 1.01. The molecule has 1 aromatic rings. The Hall–Kier alpha value is -1.80. The average Bonchev–Trinajstić information content (AvgIpc) is 2.45. The Morgan fingerprint density at radius 2 is 2.09 bits per heavy atom. The molecule has 1 fully saturated rings. The number of urea groups is 1. The number of nitrogens with zero attached hydrogens (tertiary/aromatic N) is 1. The van der Waals surface area contributed by atoms with Crippen LogP contribution in [0.5, 0.6) is 0 Å². The van der Waals surface area contributed by atoms with Crippen LogP contribution in [0.2, 0.25) is 0 Å². The molecule has 0 radical (unpaired) electrons. The first-order valence-electron chi connectivity index (χ1n) is 7.19. The molecule has 126 valence electrons. The predicted molar refractivity (Wildman–Crippen MR) is 74.7 cm³/mol. The normalized spacial score (nSPS) is 23.0. The highest BCUT2D eigenvalue weighted by molar-refractivity contribution is 5.76. The van der Waals surface area contributed by atoms with Crippen LogP contribution in [0.15, 0.2) is 24.3 Å². The Balaban J connectivity index is 1.64. The van der Waals surface area contributed by atoms with Crippen LogP contribution in [-0.2, 0) is 16.1 Å². The number of hydrogen-bond donors (Lipinski definition) is 1. The van der Waals surface area contributed by atoms with E-state index in [1.807, 2.05) is 24.3 Å². The number of carbonyl (C=O) groups is 1. The minimum Gasteiger partial charge on any atom is -0.374 e. The van der Waals surface area contributed by atoms with Gasteiger partial charge in [-0.25, -0.2) is 4.79 Å². The van der Waals surface area contributed by atoms with E-state index in [-0.39, 0.29) is 6.04 Å². The number of nitrogens with one attached hydrogen (secondary N) is 1. The topological polar surface area (TPSA) is 50.8 Å². The molecule has 2 aliphatic heterocycles. The molecule has 1 N–H and O–H groups in total. The van der Waals surface area contributed by atoms with Crippen LogP contribution in [0.4, 0.5) is 18.0 Å². The van der Waals surface area contributed by atoms with E-state index in [1.165, 1.54) is 0 Å². The molecule has 1 unspecified atom stereocenters. The van der Waals surface area contributed by atoms with Crippen LogP contribution in [0.3, 0.4) is 0 Å². The summed E-state index contributed by atoms with van der Waals surface area (Å²) in [6, 6.07) is 6.60. The lowest BCUT2D eigenvalue weighted by atomic mass is 9.93. The van der Waals surface area contributed by atoms with Crippen molar-refractivity contribution in [2.24, 2.45) is 0 Å². The van der Waals surface area contributed by atoms with Crippen molar-refractivity contribution in [1.29, 1.82) is 0 Å². The molecular formula is C15H17F3N2O3. The van der Waals surface area contributed by atoms with Crippen LogP contribution in [0.25, 0.3) is 0 Å². The first-order valence-corrected chi connectivity index (χ1v) is 7.19. The maximum atomic E-state index is 12.9. The summed E-state index contributed by atoms with van der Waals surface area (Å²) in [6.45, 7) is -0.249. The lowest BCUT2D eigenvalue weighted by molar-refractivity contribution is -0.303. The number of amides is 2. The maximum absolute atomic E-state index is 12.9. The number of methoxy groups -OCH3 is 1. The molecule has 0 spiro atoms. The Morgan fingerprint density at radius 3 is 2.74 bits per heavy atom. The third kappa shape index (κ3) is 2.76. The second kappa shape index (κ2) is 5.68. The lowest BCUT2D eigenvalue weighted by Gasteiger charge is -2.49. The molecular weight excluding hydrogens is 313 g/mol. The number of fused-ring (bicyclic) bond motifs is 1. The van der Waals surface area contributed by atoms with Gasteiger partial charge in [0.05, 0.1) is 32.3 Å². The highest BCUT2D eigenvalue weighted by Gasteiger charge is 2.63. The molecule has 5 nitrogen and oxygen atoms in total. The second-order valence-corrected chi connectivity index (χ2v) is 5.77. The Labute approximate surface area is 131 Å². The molecule has 1 atom stereocenters. The molecule has 0 bridgehead atoms. The number of likely N-dealkylation sites (tertiary alicyclic amines) is 1. The van der Waals surface area contributed by atoms with Crippen molar-refractivity contribution in [3.63, 3.8) is 0 Å². The zero-order valence-electron chi connectivity index (χ0n) is 12.5. The molecule has 8 heteroatoms. The Kier molecular flexibility index (Phi) is 3.97. The van der Waals surface area contributed by atoms with Crippen molar-refractivity contribution < 1.29 is 27.4 Å². The van der Waals surface area contributed by atoms with E-state index in [4.69, 9.17) is 4.74 Å². The van der Waals surface area contributed by atoms with Gasteiger partial charge in [-0.05, 0) is 11.1 Å². The summed E-state index contributed by atoms with van der Waals surface area (Å²) in [5.74, 6) is 0. The molecule has 0 saturated carbocycles. The monoisotopic (exact) mass is 330 g/mol. The number of alkyl halides is 3. The van der Waals surface area contributed by atoms with Gasteiger partial charge in [0.1, 0.15) is 0 Å². The summed E-state index contributed by atoms with van der Waals surface area (Å²) in [5, 5.41) is 2.73. The molecule has 2 aliphatic rings. The van der Waals surface area contributed by atoms with Gasteiger partial charge in [-0.1, -0.05) is 24.3 Å². The minimum absolute atomic E-state index is 0.297. The summed E-state index contributed by atoms with van der Waals surface area (Å²) in [6.07, 6.45) is -4.50. The fourth-order valence-electron chi connectivity index (χ4n) is 2.88. The second-order valence-electron chi connectivity index (χ2n) is 5.77. The summed E-state index contributed by atoms with van der Waals surface area (Å²) < 4.78 is 48.8. The highest BCUT2D eigenvalue weighted by Crippen LogP contribution is 2.40. The number of hydrogen-bond acceptors (Lipinski definition) is 3. The van der Waals surface area contributed by atoms with Crippen molar-refractivity contribution in [2.75, 3.05) is 26.8 Å². The number of benzene rings is 1. The molecule has 1 aromatic carbocycles. The van der Waals surface area contributed by atoms with Gasteiger partial charge in [0.15, 0.2) is 5.60 Å². The summed E-state index contributed by atoms with van der Waals surface area (Å²) in [5.41, 5.74) is -0.360. The summed E-state index contributed by atoms with van der Waals surface area (Å²) >= 11 is 0. The predicted octanol–water partition coefficient (Wildman–Crippen LogP) is 2.23. The average molecular weight is 330 g/mol. The minimum atomic E-state index is -4.50. The Morgan fingerprint density at radius 1 is 1.39 bits per heavy atom. The fourth-order valence-corrected chi connectivity index (χ4v) is 2.88. The molecule has 1 saturated heterocycles. The zero-order chi connectivity index (χ0) is 16.7. The van der Waals surface area contributed by atoms with Crippen molar-refractivity contribution in [2.45, 2.75) is 24.4 Å². The van der Waals surface area contributed by atoms with E-state index < -0.39 is 30.9 Å². The van der Waals surface area contributed by atoms with Crippen LogP contribution < -0.4 is 5.32 Å². The first kappa shape index (κ1) is 16.1. The molecule has 2 amide bonds. The van der Waals surface area contributed by atoms with Crippen LogP contribution in [-0.4, -0.2) is 49.5 Å². The van der Waals surface area contributed by atoms with E-state index >= 15 is 0 Å². The quantitative estimate of drug-likeness (QED) is 0.905. The smallest absolute Gasteiger partial charge is 0.374 e. The van der Waals surface area contributed by atoms with Crippen LogP contribution in [0.1, 0.15) is 17.2 Å². The van der Waals surface area contributed by atoms with Gasteiger partial charge in [0, 0.05) is 7.11 Å². The Bertz CT molecular complexity index is 600.